The van der Waals surface area contributed by atoms with Gasteiger partial charge in [-0.25, -0.2) is 42.9 Å². The summed E-state index contributed by atoms with van der Waals surface area (Å²) >= 11 is 5.78. The second kappa shape index (κ2) is 22.6. The maximum atomic E-state index is 14.8. The molecule has 0 bridgehead atoms. The molecule has 2 amide bonds. The number of ether oxygens (including phenoxy) is 3. The van der Waals surface area contributed by atoms with Crippen LogP contribution in [0.3, 0.4) is 0 Å². The van der Waals surface area contributed by atoms with E-state index in [4.69, 9.17) is 31.5 Å². The van der Waals surface area contributed by atoms with Crippen LogP contribution < -0.4 is 20.9 Å². The summed E-state index contributed by atoms with van der Waals surface area (Å²) in [7, 11) is 0. The van der Waals surface area contributed by atoms with E-state index in [9.17, 15) is 43.4 Å². The lowest BCUT2D eigenvalue weighted by Crippen LogP contribution is -2.35. The van der Waals surface area contributed by atoms with Gasteiger partial charge in [0, 0.05) is 47.8 Å². The smallest absolute Gasteiger partial charge is 0.435 e. The van der Waals surface area contributed by atoms with E-state index in [1.54, 1.807) is 102 Å². The van der Waals surface area contributed by atoms with E-state index in [1.807, 2.05) is 0 Å². The Hall–Kier alpha value is -8.42. The maximum absolute atomic E-state index is 14.8. The molecule has 0 aliphatic carbocycles. The first-order chi connectivity index (χ1) is 33.2. The van der Waals surface area contributed by atoms with Crippen molar-refractivity contribution in [2.24, 2.45) is 0 Å². The minimum absolute atomic E-state index is 0.0353. The van der Waals surface area contributed by atoms with Crippen LogP contribution in [-0.4, -0.2) is 84.8 Å². The molecule has 0 saturated heterocycles. The lowest BCUT2D eigenvalue weighted by molar-refractivity contribution is -0.385. The van der Waals surface area contributed by atoms with Gasteiger partial charge in [-0.1, -0.05) is 12.1 Å². The Labute approximate surface area is 416 Å². The number of amides is 2. The number of carbonyl (C=O) groups is 3. The molecule has 72 heavy (non-hydrogen) atoms. The van der Waals surface area contributed by atoms with Crippen LogP contribution in [0.25, 0.3) is 0 Å². The Kier molecular flexibility index (Phi) is 17.6. The Morgan fingerprint density at radius 3 is 1.72 bits per heavy atom. The molecule has 6 aromatic rings. The largest absolute Gasteiger partial charge is 0.443 e. The molecule has 27 heteroatoms. The quantitative estimate of drug-likeness (QED) is 0.0419. The van der Waals surface area contributed by atoms with Gasteiger partial charge in [-0.15, -0.1) is 5.10 Å². The molecule has 0 radical (unpaired) electrons. The second-order valence-corrected chi connectivity index (χ2v) is 18.8. The monoisotopic (exact) mass is 1020 g/mol. The SMILES string of the molecule is Cc1cc(N(C(=O)OC(C)(C)C)c2nc(Cl)ncc2F)nn1C(=O)OC(C)(C)C.Cc1cc(N(C(=O)OC(C)(C)C)c2nc(Nc3cc([N+](=O)[O-])ccc3C)ncc2F)n[nH]1.Cc1ccc([N+](=O)[O-])cc1N. The van der Waals surface area contributed by atoms with Crippen LogP contribution in [0.1, 0.15) is 84.8 Å². The van der Waals surface area contributed by atoms with Crippen LogP contribution in [0.15, 0.2) is 60.9 Å². The van der Waals surface area contributed by atoms with E-state index in [1.165, 1.54) is 36.4 Å². The normalized spacial score (nSPS) is 11.2. The highest BCUT2D eigenvalue weighted by molar-refractivity contribution is 6.28. The van der Waals surface area contributed by atoms with Crippen LogP contribution in [0.5, 0.6) is 0 Å². The summed E-state index contributed by atoms with van der Waals surface area (Å²) in [5.74, 6) is -2.78. The number of halogens is 3. The van der Waals surface area contributed by atoms with E-state index in [0.717, 1.165) is 32.4 Å². The van der Waals surface area contributed by atoms with E-state index in [0.29, 0.717) is 28.3 Å². The number of nitrogens with one attached hydrogen (secondary N) is 2. The molecule has 4 N–H and O–H groups in total. The molecule has 4 aromatic heterocycles. The van der Waals surface area contributed by atoms with Crippen LogP contribution in [-0.2, 0) is 14.2 Å². The molecule has 24 nitrogen and oxygen atoms in total. The number of carbonyl (C=O) groups excluding carboxylic acids is 3. The predicted molar refractivity (Wildman–Crippen MR) is 261 cm³/mol. The van der Waals surface area contributed by atoms with Crippen molar-refractivity contribution in [1.82, 2.24) is 39.9 Å². The average Bonchev–Trinajstić information content (AvgIpc) is 3.85. The Morgan fingerprint density at radius 2 is 1.22 bits per heavy atom. The maximum Gasteiger partial charge on any atom is 0.435 e. The van der Waals surface area contributed by atoms with Gasteiger partial charge in [0.1, 0.15) is 16.8 Å². The molecular weight excluding hydrogens is 970 g/mol. The topological polar surface area (TPSA) is 308 Å². The number of hydrogen-bond acceptors (Lipinski definition) is 18. The zero-order chi connectivity index (χ0) is 54.2. The highest BCUT2D eigenvalue weighted by Gasteiger charge is 2.33. The highest BCUT2D eigenvalue weighted by atomic mass is 35.5. The minimum Gasteiger partial charge on any atom is -0.443 e. The fourth-order valence-corrected chi connectivity index (χ4v) is 5.69. The van der Waals surface area contributed by atoms with Gasteiger partial charge in [0.05, 0.1) is 33.6 Å². The lowest BCUT2D eigenvalue weighted by atomic mass is 10.2. The van der Waals surface area contributed by atoms with Gasteiger partial charge in [0.25, 0.3) is 11.4 Å². The summed E-state index contributed by atoms with van der Waals surface area (Å²) in [5, 5.41) is 34.7. The van der Waals surface area contributed by atoms with Crippen molar-refractivity contribution < 1.29 is 47.2 Å². The third-order valence-corrected chi connectivity index (χ3v) is 8.92. The van der Waals surface area contributed by atoms with Crippen LogP contribution in [0.4, 0.5) is 75.1 Å². The van der Waals surface area contributed by atoms with E-state index < -0.39 is 68.2 Å². The van der Waals surface area contributed by atoms with Gasteiger partial charge >= 0.3 is 18.3 Å². The lowest BCUT2D eigenvalue weighted by Gasteiger charge is -2.25. The minimum atomic E-state index is -0.958. The molecule has 0 aliphatic heterocycles. The number of nitro groups is 2. The van der Waals surface area contributed by atoms with Crippen molar-refractivity contribution in [2.45, 2.75) is 107 Å². The fraction of sp³-hybridized carbons (Fsp3) is 0.356. The third-order valence-electron chi connectivity index (χ3n) is 8.74. The first kappa shape index (κ1) is 56.2. The van der Waals surface area contributed by atoms with Crippen molar-refractivity contribution in [1.29, 1.82) is 0 Å². The Balaban J connectivity index is 0.000000259. The van der Waals surface area contributed by atoms with Crippen LogP contribution in [0, 0.1) is 59.6 Å². The first-order valence-electron chi connectivity index (χ1n) is 21.3. The molecule has 0 fully saturated rings. The van der Waals surface area contributed by atoms with Crippen molar-refractivity contribution in [3.8, 4) is 0 Å². The molecule has 2 aromatic carbocycles. The van der Waals surface area contributed by atoms with Crippen molar-refractivity contribution in [2.75, 3.05) is 20.9 Å². The summed E-state index contributed by atoms with van der Waals surface area (Å²) in [5.41, 5.74) is 6.19. The molecule has 0 atom stereocenters. The third kappa shape index (κ3) is 15.8. The van der Waals surface area contributed by atoms with Crippen LogP contribution in [0.2, 0.25) is 5.28 Å². The standard InChI is InChI=1S/C20H22FN7O4.C18H23ClFN5O4.C7H8N2O2/c1-11-6-7-13(28(30)31)9-15(11)23-18-22-10-14(21)17(24-18)27(16-8-12(2)25-26-16)19(29)32-20(3,4)5;1-10-8-12(23-25(10)16(27)29-18(5,6)7)24(15(26)28-17(2,3)4)13-11(20)9-21-14(19)22-13;1-5-2-3-6(9(10)11)4-7(5)8/h6-10H,1-5H3,(H,25,26)(H,22,23,24);8-9H,1-7H3;2-4H,8H2,1H3. The summed E-state index contributed by atoms with van der Waals surface area (Å²) in [4.78, 5) is 75.4. The number of nitrogen functional groups attached to an aromatic ring is 1. The first-order valence-corrected chi connectivity index (χ1v) is 21.7. The fourth-order valence-electron chi connectivity index (χ4n) is 5.56. The number of aromatic nitrogens is 8. The van der Waals surface area contributed by atoms with E-state index in [2.05, 4.69) is 40.5 Å². The summed E-state index contributed by atoms with van der Waals surface area (Å²) in [6, 6.07) is 11.6. The van der Waals surface area contributed by atoms with Crippen molar-refractivity contribution >= 4 is 81.8 Å². The zero-order valence-electron chi connectivity index (χ0n) is 41.5. The number of nitro benzene ring substituents is 2. The number of aryl methyl sites for hydroxylation is 4. The molecule has 0 saturated carbocycles. The zero-order valence-corrected chi connectivity index (χ0v) is 42.2. The Morgan fingerprint density at radius 1 is 0.722 bits per heavy atom. The highest BCUT2D eigenvalue weighted by Crippen LogP contribution is 2.32. The van der Waals surface area contributed by atoms with Gasteiger partial charge in [0.15, 0.2) is 34.9 Å². The van der Waals surface area contributed by atoms with Crippen molar-refractivity contribution in [3.05, 3.63) is 121 Å². The Bertz CT molecular complexity index is 2980. The molecule has 0 aliphatic rings. The van der Waals surface area contributed by atoms with Gasteiger partial charge in [-0.2, -0.15) is 19.7 Å². The number of non-ortho nitro benzene ring substituents is 2. The summed E-state index contributed by atoms with van der Waals surface area (Å²) in [6.45, 7) is 21.9. The van der Waals surface area contributed by atoms with Crippen molar-refractivity contribution in [3.63, 3.8) is 0 Å². The predicted octanol–water partition coefficient (Wildman–Crippen LogP) is 10.8. The molecule has 0 spiro atoms. The number of nitrogens with zero attached hydrogens (tertiary/aromatic N) is 11. The molecule has 6 rings (SSSR count). The van der Waals surface area contributed by atoms with Crippen LogP contribution >= 0.6 is 11.6 Å². The number of aromatic amines is 1. The van der Waals surface area contributed by atoms with Gasteiger partial charge < -0.3 is 25.3 Å². The number of nitrogens with two attached hydrogens (primary N) is 1. The average molecular weight is 1020 g/mol. The second-order valence-electron chi connectivity index (χ2n) is 18.4. The molecule has 0 unspecified atom stereocenters. The number of rotatable bonds is 8. The molecule has 4 heterocycles. The van der Waals surface area contributed by atoms with E-state index >= 15 is 0 Å². The number of anilines is 7. The van der Waals surface area contributed by atoms with Gasteiger partial charge in [-0.3, -0.25) is 25.3 Å². The number of benzene rings is 2. The number of hydrogen-bond donors (Lipinski definition) is 3. The summed E-state index contributed by atoms with van der Waals surface area (Å²) in [6.07, 6.45) is -0.903. The molecular formula is C45H53ClF2N14O10. The van der Waals surface area contributed by atoms with Gasteiger partial charge in [-0.05, 0) is 113 Å². The summed E-state index contributed by atoms with van der Waals surface area (Å²) < 4.78 is 46.2. The van der Waals surface area contributed by atoms with Gasteiger partial charge in [0.2, 0.25) is 11.2 Å². The molecule has 384 valence electrons. The van der Waals surface area contributed by atoms with E-state index in [-0.39, 0.29) is 34.2 Å². The number of H-pyrrole nitrogens is 1.